The molecule has 12 heteroatoms. The lowest BCUT2D eigenvalue weighted by Crippen LogP contribution is -2.35. The average molecular weight is 625 g/mol. The number of pyridine rings is 1. The molecule has 1 aromatic carbocycles. The summed E-state index contributed by atoms with van der Waals surface area (Å²) in [4.78, 5) is 5.29. The third-order valence-electron chi connectivity index (χ3n) is 4.85. The fraction of sp³-hybridized carbons (Fsp3) is 0.333. The first-order valence-electron chi connectivity index (χ1n) is 10.2. The number of nitrogens with zero attached hydrogens (tertiary/aromatic N) is 4. The van der Waals surface area contributed by atoms with E-state index in [9.17, 15) is 8.78 Å². The summed E-state index contributed by atoms with van der Waals surface area (Å²) in [7, 11) is 1.90. The molecular formula is C21H25ClF2IN6PS. The van der Waals surface area contributed by atoms with Crippen LogP contribution in [0.3, 0.4) is 0 Å². The van der Waals surface area contributed by atoms with Crippen molar-refractivity contribution in [3.8, 4) is 11.3 Å². The minimum atomic E-state index is -2.56. The molecule has 0 aliphatic carbocycles. The van der Waals surface area contributed by atoms with Crippen molar-refractivity contribution >= 4 is 74.7 Å². The molecule has 0 saturated carbocycles. The summed E-state index contributed by atoms with van der Waals surface area (Å²) < 4.78 is 30.5. The highest BCUT2D eigenvalue weighted by atomic mass is 127. The molecule has 1 aliphatic heterocycles. The number of benzene rings is 1. The summed E-state index contributed by atoms with van der Waals surface area (Å²) in [6.07, 6.45) is 0.363. The highest BCUT2D eigenvalue weighted by Gasteiger charge is 2.38. The van der Waals surface area contributed by atoms with Gasteiger partial charge in [0.1, 0.15) is 10.8 Å². The maximum absolute atomic E-state index is 13.6. The van der Waals surface area contributed by atoms with Crippen LogP contribution in [-0.4, -0.2) is 33.6 Å². The zero-order valence-electron chi connectivity index (χ0n) is 18.8. The van der Waals surface area contributed by atoms with Gasteiger partial charge in [-0.2, -0.15) is 5.10 Å². The number of halogens is 4. The number of aryl methyl sites for hydroxylation is 2. The Bertz CT molecular complexity index is 1130. The molecule has 2 atom stereocenters. The van der Waals surface area contributed by atoms with Crippen molar-refractivity contribution in [3.05, 3.63) is 41.2 Å². The van der Waals surface area contributed by atoms with Gasteiger partial charge in [0.25, 0.3) is 6.43 Å². The van der Waals surface area contributed by atoms with Gasteiger partial charge in [-0.3, -0.25) is 4.68 Å². The number of alkyl halides is 2. The molecule has 0 saturated heterocycles. The second-order valence-electron chi connectivity index (χ2n) is 6.94. The van der Waals surface area contributed by atoms with E-state index < -0.39 is 12.6 Å². The number of fused-ring (bicyclic) bond motifs is 1. The molecule has 6 nitrogen and oxygen atoms in total. The Morgan fingerprint density at radius 2 is 2.00 bits per heavy atom. The number of anilines is 4. The van der Waals surface area contributed by atoms with Crippen LogP contribution in [-0.2, 0) is 7.05 Å². The summed E-state index contributed by atoms with van der Waals surface area (Å²) in [5.74, 6) is 0.430. The van der Waals surface area contributed by atoms with Gasteiger partial charge in [-0.15, -0.1) is 11.8 Å². The van der Waals surface area contributed by atoms with Crippen molar-refractivity contribution in [2.75, 3.05) is 21.6 Å². The number of aromatic nitrogens is 3. The Morgan fingerprint density at radius 1 is 1.27 bits per heavy atom. The van der Waals surface area contributed by atoms with Gasteiger partial charge >= 0.3 is 0 Å². The lowest BCUT2D eigenvalue weighted by atomic mass is 10.1. The molecule has 2 unspecified atom stereocenters. The third-order valence-corrected chi connectivity index (χ3v) is 8.06. The fourth-order valence-corrected chi connectivity index (χ4v) is 6.39. The molecule has 0 radical (unpaired) electrons. The van der Waals surface area contributed by atoms with Gasteiger partial charge in [-0.25, -0.2) is 13.8 Å². The van der Waals surface area contributed by atoms with Crippen molar-refractivity contribution < 1.29 is 8.78 Å². The summed E-state index contributed by atoms with van der Waals surface area (Å²) in [6.45, 7) is 6.03. The van der Waals surface area contributed by atoms with Crippen molar-refractivity contribution in [3.63, 3.8) is 0 Å². The van der Waals surface area contributed by atoms with Crippen molar-refractivity contribution in [1.82, 2.24) is 14.8 Å². The quantitative estimate of drug-likeness (QED) is 0.127. The van der Waals surface area contributed by atoms with Gasteiger partial charge in [-0.05, 0) is 52.9 Å². The highest BCUT2D eigenvalue weighted by molar-refractivity contribution is 14.2. The standard InChI is InChI=1S/C19H19ClF2IN6PS.C2H6/c1-9-8-28(2)27-15(9)10-4-5-11(13(6-10)31-3)24-12-7-14(20)25-18-16(12)26-19(17(21)22)29(18)30-23;1-2/h4-8,17,19,26,30H,1-3H3,(H,24,25);1-2H3. The highest BCUT2D eigenvalue weighted by Crippen LogP contribution is 2.49. The largest absolute Gasteiger partial charge is 0.356 e. The Hall–Kier alpha value is -1.36. The van der Waals surface area contributed by atoms with Crippen LogP contribution in [0.2, 0.25) is 5.15 Å². The molecular weight excluding hydrogens is 600 g/mol. The van der Waals surface area contributed by atoms with E-state index in [2.05, 4.69) is 48.8 Å². The first-order chi connectivity index (χ1) is 15.8. The van der Waals surface area contributed by atoms with Crippen LogP contribution >= 0.6 is 51.8 Å². The number of hydrogen-bond donors (Lipinski definition) is 2. The average Bonchev–Trinajstić information content (AvgIpc) is 3.34. The number of rotatable bonds is 6. The Balaban J connectivity index is 0.00000149. The number of hydrogen-bond acceptors (Lipinski definition) is 6. The predicted molar refractivity (Wildman–Crippen MR) is 147 cm³/mol. The number of nitrogens with one attached hydrogen (secondary N) is 2. The summed E-state index contributed by atoms with van der Waals surface area (Å²) >= 11 is 9.90. The first-order valence-corrected chi connectivity index (χ1v) is 15.8. The van der Waals surface area contributed by atoms with Crippen molar-refractivity contribution in [2.45, 2.75) is 38.3 Å². The van der Waals surface area contributed by atoms with E-state index in [4.69, 9.17) is 11.6 Å². The van der Waals surface area contributed by atoms with Gasteiger partial charge in [0.2, 0.25) is 0 Å². The molecule has 4 rings (SSSR count). The lowest BCUT2D eigenvalue weighted by Gasteiger charge is -2.22. The van der Waals surface area contributed by atoms with E-state index in [0.29, 0.717) is 17.2 Å². The van der Waals surface area contributed by atoms with E-state index in [0.717, 1.165) is 27.4 Å². The maximum atomic E-state index is 13.6. The van der Waals surface area contributed by atoms with Crippen LogP contribution in [0.25, 0.3) is 11.3 Å². The third kappa shape index (κ3) is 5.49. The Kier molecular flexibility index (Phi) is 9.05. The van der Waals surface area contributed by atoms with Gasteiger partial charge in [0.15, 0.2) is 12.0 Å². The van der Waals surface area contributed by atoms with Crippen LogP contribution in [0.5, 0.6) is 0 Å². The predicted octanol–water partition coefficient (Wildman–Crippen LogP) is 7.70. The zero-order chi connectivity index (χ0) is 24.3. The van der Waals surface area contributed by atoms with Crippen LogP contribution in [0.4, 0.5) is 31.7 Å². The summed E-state index contributed by atoms with van der Waals surface area (Å²) in [6, 6.07) is 7.68. The molecule has 3 heterocycles. The second-order valence-corrected chi connectivity index (χ2v) is 10.3. The minimum Gasteiger partial charge on any atom is -0.356 e. The molecule has 2 N–H and O–H groups in total. The van der Waals surface area contributed by atoms with E-state index in [1.165, 1.54) is 0 Å². The summed E-state index contributed by atoms with van der Waals surface area (Å²) in [5.41, 5.74) is 5.01. The topological polar surface area (TPSA) is 58.0 Å². The Morgan fingerprint density at radius 3 is 2.58 bits per heavy atom. The second kappa shape index (κ2) is 11.4. The first kappa shape index (κ1) is 26.2. The normalized spacial score (nSPS) is 15.0. The molecule has 0 amide bonds. The van der Waals surface area contributed by atoms with Crippen LogP contribution in [0, 0.1) is 6.92 Å². The maximum Gasteiger partial charge on any atom is 0.277 e. The summed E-state index contributed by atoms with van der Waals surface area (Å²) in [5, 5.41) is 11.1. The molecule has 1 aliphatic rings. The van der Waals surface area contributed by atoms with Crippen LogP contribution in [0.1, 0.15) is 19.4 Å². The SMILES string of the molecule is CC.CSc1cc(-c2nn(C)cc2C)ccc1Nc1cc(Cl)nc2c1NC(C(F)F)N2PI. The molecule has 2 aromatic heterocycles. The fourth-order valence-electron chi connectivity index (χ4n) is 3.51. The van der Waals surface area contributed by atoms with Crippen molar-refractivity contribution in [1.29, 1.82) is 0 Å². The monoisotopic (exact) mass is 624 g/mol. The molecule has 0 spiro atoms. The van der Waals surface area contributed by atoms with Gasteiger partial charge in [0.05, 0.1) is 17.1 Å². The van der Waals surface area contributed by atoms with Gasteiger partial charge < -0.3 is 15.3 Å². The lowest BCUT2D eigenvalue weighted by molar-refractivity contribution is 0.130. The molecule has 0 fully saturated rings. The van der Waals surface area contributed by atoms with E-state index in [1.807, 2.05) is 52.4 Å². The van der Waals surface area contributed by atoms with Crippen molar-refractivity contribution in [2.24, 2.45) is 7.05 Å². The zero-order valence-corrected chi connectivity index (χ0v) is 23.5. The minimum absolute atomic E-state index is 0.0916. The van der Waals surface area contributed by atoms with Crippen LogP contribution < -0.4 is 15.3 Å². The van der Waals surface area contributed by atoms with E-state index >= 15 is 0 Å². The van der Waals surface area contributed by atoms with Gasteiger partial charge in [-0.1, -0.05) is 31.5 Å². The molecule has 0 bridgehead atoms. The molecule has 178 valence electrons. The van der Waals surface area contributed by atoms with E-state index in [1.54, 1.807) is 27.2 Å². The van der Waals surface area contributed by atoms with Crippen LogP contribution in [0.15, 0.2) is 35.4 Å². The van der Waals surface area contributed by atoms with Gasteiger partial charge in [0, 0.05) is 36.1 Å². The molecule has 3 aromatic rings. The molecule has 33 heavy (non-hydrogen) atoms. The van der Waals surface area contributed by atoms with E-state index in [-0.39, 0.29) is 11.5 Å². The smallest absolute Gasteiger partial charge is 0.277 e. The Labute approximate surface area is 216 Å². The number of thioether (sulfide) groups is 1.